The van der Waals surface area contributed by atoms with Gasteiger partial charge in [-0.3, -0.25) is 19.3 Å². The molecule has 0 unspecified atom stereocenters. The first-order valence-electron chi connectivity index (χ1n) is 13.8. The minimum atomic E-state index is -0.852. The van der Waals surface area contributed by atoms with E-state index in [1.54, 1.807) is 36.3 Å². The number of carbonyl (C=O) groups is 3. The van der Waals surface area contributed by atoms with E-state index in [0.717, 1.165) is 43.4 Å². The zero-order valence-corrected chi connectivity index (χ0v) is 23.1. The van der Waals surface area contributed by atoms with E-state index in [1.807, 2.05) is 48.5 Å². The lowest BCUT2D eigenvalue weighted by molar-refractivity contribution is -0.145. The Kier molecular flexibility index (Phi) is 9.00. The maximum atomic E-state index is 13.3. The lowest BCUT2D eigenvalue weighted by Gasteiger charge is -2.39. The van der Waals surface area contributed by atoms with Crippen LogP contribution in [0.3, 0.4) is 0 Å². The molecule has 2 aliphatic heterocycles. The van der Waals surface area contributed by atoms with Gasteiger partial charge >= 0.3 is 0 Å². The molecule has 2 N–H and O–H groups in total. The van der Waals surface area contributed by atoms with Crippen molar-refractivity contribution in [1.82, 2.24) is 15.1 Å². The Labute approximate surface area is 239 Å². The first-order valence-corrected chi connectivity index (χ1v) is 13.8. The van der Waals surface area contributed by atoms with Gasteiger partial charge in [0, 0.05) is 56.7 Å². The summed E-state index contributed by atoms with van der Waals surface area (Å²) in [5.74, 6) is 1.38. The summed E-state index contributed by atoms with van der Waals surface area (Å²) in [5, 5.41) is 5.63. The first-order chi connectivity index (χ1) is 20.0. The molecule has 0 aromatic heterocycles. The molecule has 10 heteroatoms. The highest BCUT2D eigenvalue weighted by molar-refractivity contribution is 5.97. The lowest BCUT2D eigenvalue weighted by atomic mass is 10.1. The predicted octanol–water partition coefficient (Wildman–Crippen LogP) is 2.97. The Morgan fingerprint density at radius 1 is 0.878 bits per heavy atom. The number of piperazine rings is 2. The number of methoxy groups -OCH3 is 1. The third kappa shape index (κ3) is 7.34. The Balaban J connectivity index is 1.13. The lowest BCUT2D eigenvalue weighted by Crippen LogP contribution is -2.60. The molecule has 3 aromatic rings. The summed E-state index contributed by atoms with van der Waals surface area (Å²) in [6.45, 7) is 3.95. The third-order valence-electron chi connectivity index (χ3n) is 7.30. The van der Waals surface area contributed by atoms with E-state index >= 15 is 0 Å². The van der Waals surface area contributed by atoms with Gasteiger partial charge in [0.25, 0.3) is 0 Å². The molecular formula is C31H35N5O5. The molecule has 0 bridgehead atoms. The van der Waals surface area contributed by atoms with Crippen molar-refractivity contribution < 1.29 is 23.9 Å². The molecule has 10 nitrogen and oxygen atoms in total. The number of hydrogen-bond acceptors (Lipinski definition) is 7. The SMILES string of the molecule is COc1cccc(N2CCN(CC(=O)N3CCNC(=O)[C@H]3CC(=O)Nc3ccc(Oc4ccccc4)cc3)CC2)c1. The molecule has 0 aliphatic carbocycles. The predicted molar refractivity (Wildman–Crippen MR) is 156 cm³/mol. The molecule has 1 atom stereocenters. The quantitative estimate of drug-likeness (QED) is 0.417. The molecule has 2 saturated heterocycles. The van der Waals surface area contributed by atoms with Crippen LogP contribution < -0.4 is 25.0 Å². The number of para-hydroxylation sites is 1. The van der Waals surface area contributed by atoms with Crippen molar-refractivity contribution in [3.63, 3.8) is 0 Å². The highest BCUT2D eigenvalue weighted by atomic mass is 16.5. The summed E-state index contributed by atoms with van der Waals surface area (Å²) >= 11 is 0. The van der Waals surface area contributed by atoms with Gasteiger partial charge in [-0.15, -0.1) is 0 Å². The smallest absolute Gasteiger partial charge is 0.243 e. The average molecular weight is 558 g/mol. The van der Waals surface area contributed by atoms with Gasteiger partial charge in [-0.25, -0.2) is 0 Å². The van der Waals surface area contributed by atoms with Crippen LogP contribution in [-0.2, 0) is 14.4 Å². The van der Waals surface area contributed by atoms with Crippen molar-refractivity contribution in [2.75, 3.05) is 63.1 Å². The van der Waals surface area contributed by atoms with Crippen molar-refractivity contribution in [3.05, 3.63) is 78.9 Å². The molecule has 3 amide bonds. The van der Waals surface area contributed by atoms with E-state index in [1.165, 1.54) is 0 Å². The molecule has 0 spiro atoms. The number of rotatable bonds is 9. The second-order valence-corrected chi connectivity index (χ2v) is 10.1. The third-order valence-corrected chi connectivity index (χ3v) is 7.30. The number of hydrogen-bond donors (Lipinski definition) is 2. The Bertz CT molecular complexity index is 1340. The highest BCUT2D eigenvalue weighted by Crippen LogP contribution is 2.24. The van der Waals surface area contributed by atoms with E-state index < -0.39 is 6.04 Å². The van der Waals surface area contributed by atoms with Gasteiger partial charge in [0.1, 0.15) is 23.3 Å². The molecule has 41 heavy (non-hydrogen) atoms. The molecule has 2 aliphatic rings. The molecule has 0 saturated carbocycles. The highest BCUT2D eigenvalue weighted by Gasteiger charge is 2.35. The minimum Gasteiger partial charge on any atom is -0.497 e. The van der Waals surface area contributed by atoms with Gasteiger partial charge in [-0.2, -0.15) is 0 Å². The van der Waals surface area contributed by atoms with Gasteiger partial charge in [0.05, 0.1) is 20.1 Å². The van der Waals surface area contributed by atoms with Crippen LogP contribution in [0.2, 0.25) is 0 Å². The van der Waals surface area contributed by atoms with Gasteiger partial charge in [0.15, 0.2) is 0 Å². The Morgan fingerprint density at radius 3 is 2.32 bits per heavy atom. The second kappa shape index (κ2) is 13.2. The number of carbonyl (C=O) groups excluding carboxylic acids is 3. The molecule has 5 rings (SSSR count). The summed E-state index contributed by atoms with van der Waals surface area (Å²) in [5.41, 5.74) is 1.67. The Hall–Kier alpha value is -4.57. The molecular weight excluding hydrogens is 522 g/mol. The number of nitrogens with one attached hydrogen (secondary N) is 2. The van der Waals surface area contributed by atoms with E-state index in [0.29, 0.717) is 24.5 Å². The number of amides is 3. The maximum Gasteiger partial charge on any atom is 0.243 e. The fraction of sp³-hybridized carbons (Fsp3) is 0.323. The van der Waals surface area contributed by atoms with Gasteiger partial charge in [-0.05, 0) is 48.5 Å². The van der Waals surface area contributed by atoms with Crippen LogP contribution >= 0.6 is 0 Å². The largest absolute Gasteiger partial charge is 0.497 e. The van der Waals surface area contributed by atoms with Gasteiger partial charge in [-0.1, -0.05) is 24.3 Å². The Morgan fingerprint density at radius 2 is 1.59 bits per heavy atom. The van der Waals surface area contributed by atoms with Crippen LogP contribution in [0.15, 0.2) is 78.9 Å². The summed E-state index contributed by atoms with van der Waals surface area (Å²) in [4.78, 5) is 44.8. The average Bonchev–Trinajstić information content (AvgIpc) is 3.00. The zero-order valence-electron chi connectivity index (χ0n) is 23.1. The van der Waals surface area contributed by atoms with E-state index in [-0.39, 0.29) is 30.7 Å². The van der Waals surface area contributed by atoms with Crippen molar-refractivity contribution >= 4 is 29.1 Å². The van der Waals surface area contributed by atoms with Gasteiger partial charge in [0.2, 0.25) is 17.7 Å². The summed E-state index contributed by atoms with van der Waals surface area (Å²) in [7, 11) is 1.65. The van der Waals surface area contributed by atoms with Crippen LogP contribution in [0.1, 0.15) is 6.42 Å². The van der Waals surface area contributed by atoms with E-state index in [2.05, 4.69) is 26.5 Å². The normalized spacial score (nSPS) is 17.5. The summed E-state index contributed by atoms with van der Waals surface area (Å²) in [6.07, 6.45) is -0.122. The van der Waals surface area contributed by atoms with Crippen LogP contribution in [0.4, 0.5) is 11.4 Å². The molecule has 2 heterocycles. The monoisotopic (exact) mass is 557 g/mol. The first kappa shape index (κ1) is 28.0. The molecule has 214 valence electrons. The fourth-order valence-corrected chi connectivity index (χ4v) is 5.09. The number of benzene rings is 3. The standard InChI is InChI=1S/C31H35N5O5/c1-40-27-9-5-6-24(20-27)35-18-16-34(17-19-35)22-30(38)36-15-14-32-31(39)28(36)21-29(37)33-23-10-12-26(13-11-23)41-25-7-3-2-4-8-25/h2-13,20,28H,14-19,21-22H2,1H3,(H,32,39)(H,33,37)/t28-/m1/s1. The van der Waals surface area contributed by atoms with Crippen LogP contribution in [0.5, 0.6) is 17.2 Å². The summed E-state index contributed by atoms with van der Waals surface area (Å²) < 4.78 is 11.1. The van der Waals surface area contributed by atoms with Crippen molar-refractivity contribution in [1.29, 1.82) is 0 Å². The van der Waals surface area contributed by atoms with Crippen molar-refractivity contribution in [2.45, 2.75) is 12.5 Å². The topological polar surface area (TPSA) is 103 Å². The van der Waals surface area contributed by atoms with E-state index in [4.69, 9.17) is 9.47 Å². The number of anilines is 2. The van der Waals surface area contributed by atoms with Crippen LogP contribution in [-0.4, -0.2) is 86.5 Å². The number of nitrogens with zero attached hydrogens (tertiary/aromatic N) is 3. The van der Waals surface area contributed by atoms with Crippen LogP contribution in [0.25, 0.3) is 0 Å². The van der Waals surface area contributed by atoms with E-state index in [9.17, 15) is 14.4 Å². The summed E-state index contributed by atoms with van der Waals surface area (Å²) in [6, 6.07) is 23.5. The van der Waals surface area contributed by atoms with Crippen molar-refractivity contribution in [3.8, 4) is 17.2 Å². The maximum absolute atomic E-state index is 13.3. The second-order valence-electron chi connectivity index (χ2n) is 10.1. The molecule has 3 aromatic carbocycles. The van der Waals surface area contributed by atoms with Crippen molar-refractivity contribution in [2.24, 2.45) is 0 Å². The minimum absolute atomic E-state index is 0.122. The fourth-order valence-electron chi connectivity index (χ4n) is 5.09. The van der Waals surface area contributed by atoms with Crippen LogP contribution in [0, 0.1) is 0 Å². The molecule has 2 fully saturated rings. The van der Waals surface area contributed by atoms with Gasteiger partial charge < -0.3 is 29.9 Å². The zero-order chi connectivity index (χ0) is 28.6. The molecule has 0 radical (unpaired) electrons. The number of ether oxygens (including phenoxy) is 2.